The first-order valence-electron chi connectivity index (χ1n) is 6.77. The molecule has 1 heterocycles. The molecule has 0 aliphatic heterocycles. The maximum Gasteiger partial charge on any atom is 0.347 e. The van der Waals surface area contributed by atoms with Gasteiger partial charge in [0.15, 0.2) is 5.13 Å². The Morgan fingerprint density at radius 2 is 2.10 bits per heavy atom. The Hall–Kier alpha value is -1.88. The number of carboxylic acid groups (broad SMARTS) is 1. The predicted molar refractivity (Wildman–Crippen MR) is 80.2 cm³/mol. The number of aromatic carboxylic acids is 1. The van der Waals surface area contributed by atoms with Gasteiger partial charge in [0, 0.05) is 18.2 Å². The molecule has 20 heavy (non-hydrogen) atoms. The molecule has 2 aromatic rings. The van der Waals surface area contributed by atoms with E-state index in [4.69, 9.17) is 0 Å². The number of nitrogens with zero attached hydrogens (tertiary/aromatic N) is 2. The van der Waals surface area contributed by atoms with Gasteiger partial charge in [0.1, 0.15) is 4.88 Å². The zero-order valence-electron chi connectivity index (χ0n) is 11.2. The first-order chi connectivity index (χ1) is 9.70. The normalized spacial score (nSPS) is 14.2. The van der Waals surface area contributed by atoms with Crippen LogP contribution in [0.15, 0.2) is 30.3 Å². The number of benzene rings is 1. The van der Waals surface area contributed by atoms with Gasteiger partial charge >= 0.3 is 5.97 Å². The van der Waals surface area contributed by atoms with E-state index in [0.29, 0.717) is 10.8 Å². The summed E-state index contributed by atoms with van der Waals surface area (Å²) in [6.07, 6.45) is 2.11. The third-order valence-electron chi connectivity index (χ3n) is 3.42. The summed E-state index contributed by atoms with van der Waals surface area (Å²) in [4.78, 5) is 18.4. The first-order valence-corrected chi connectivity index (χ1v) is 7.59. The van der Waals surface area contributed by atoms with E-state index in [9.17, 15) is 9.90 Å². The molecule has 1 saturated carbocycles. The maximum absolute atomic E-state index is 11.4. The van der Waals surface area contributed by atoms with Crippen LogP contribution in [-0.4, -0.2) is 22.6 Å². The van der Waals surface area contributed by atoms with Crippen LogP contribution in [-0.2, 0) is 0 Å². The lowest BCUT2D eigenvalue weighted by molar-refractivity contribution is 0.0700. The van der Waals surface area contributed by atoms with Gasteiger partial charge in [0.25, 0.3) is 0 Å². The molecular formula is C15H16N2O2S. The summed E-state index contributed by atoms with van der Waals surface area (Å²) >= 11 is 1.28. The molecule has 0 unspecified atom stereocenters. The molecule has 4 nitrogen and oxygen atoms in total. The Morgan fingerprint density at radius 3 is 2.65 bits per heavy atom. The minimum absolute atomic E-state index is 0.348. The van der Waals surface area contributed by atoms with Crippen molar-refractivity contribution in [1.29, 1.82) is 0 Å². The van der Waals surface area contributed by atoms with Gasteiger partial charge in [-0.3, -0.25) is 0 Å². The summed E-state index contributed by atoms with van der Waals surface area (Å²) < 4.78 is 0. The van der Waals surface area contributed by atoms with Crippen molar-refractivity contribution in [1.82, 2.24) is 4.98 Å². The van der Waals surface area contributed by atoms with Crippen LogP contribution in [0.25, 0.3) is 0 Å². The molecule has 0 amide bonds. The second kappa shape index (κ2) is 5.25. The second-order valence-corrected chi connectivity index (χ2v) is 5.85. The van der Waals surface area contributed by atoms with Crippen LogP contribution in [0, 0.1) is 0 Å². The van der Waals surface area contributed by atoms with Gasteiger partial charge in [-0.15, -0.1) is 0 Å². The monoisotopic (exact) mass is 288 g/mol. The largest absolute Gasteiger partial charge is 0.477 e. The molecule has 104 valence electrons. The zero-order valence-corrected chi connectivity index (χ0v) is 12.1. The van der Waals surface area contributed by atoms with E-state index in [0.717, 1.165) is 35.9 Å². The van der Waals surface area contributed by atoms with Gasteiger partial charge in [-0.05, 0) is 31.9 Å². The molecule has 0 radical (unpaired) electrons. The van der Waals surface area contributed by atoms with E-state index in [-0.39, 0.29) is 0 Å². The summed E-state index contributed by atoms with van der Waals surface area (Å²) in [6.45, 7) is 2.81. The third-order valence-corrected chi connectivity index (χ3v) is 4.50. The quantitative estimate of drug-likeness (QED) is 0.907. The molecule has 0 saturated heterocycles. The van der Waals surface area contributed by atoms with E-state index in [1.807, 2.05) is 37.3 Å². The van der Waals surface area contributed by atoms with Gasteiger partial charge < -0.3 is 10.0 Å². The molecule has 1 aliphatic rings. The van der Waals surface area contributed by atoms with Crippen LogP contribution in [0.5, 0.6) is 0 Å². The van der Waals surface area contributed by atoms with Gasteiger partial charge in [-0.1, -0.05) is 29.5 Å². The number of hydrogen-bond acceptors (Lipinski definition) is 4. The number of para-hydroxylation sites is 1. The van der Waals surface area contributed by atoms with Gasteiger partial charge in [0.05, 0.1) is 5.69 Å². The van der Waals surface area contributed by atoms with Crippen molar-refractivity contribution in [2.24, 2.45) is 0 Å². The van der Waals surface area contributed by atoms with Crippen LogP contribution in [0.1, 0.15) is 41.0 Å². The van der Waals surface area contributed by atoms with Gasteiger partial charge in [0.2, 0.25) is 0 Å². The van der Waals surface area contributed by atoms with Crippen LogP contribution < -0.4 is 4.90 Å². The summed E-state index contributed by atoms with van der Waals surface area (Å²) in [5.41, 5.74) is 1.81. The van der Waals surface area contributed by atoms with E-state index >= 15 is 0 Å². The summed E-state index contributed by atoms with van der Waals surface area (Å²) in [5.74, 6) is -0.514. The Balaban J connectivity index is 2.00. The Bertz CT molecular complexity index is 620. The molecule has 0 spiro atoms. The Morgan fingerprint density at radius 1 is 1.40 bits per heavy atom. The zero-order chi connectivity index (χ0) is 14.1. The van der Waals surface area contributed by atoms with Crippen LogP contribution in [0.2, 0.25) is 0 Å². The Kier molecular flexibility index (Phi) is 3.44. The smallest absolute Gasteiger partial charge is 0.347 e. The lowest BCUT2D eigenvalue weighted by atomic mass is 10.2. The van der Waals surface area contributed by atoms with Crippen molar-refractivity contribution in [3.63, 3.8) is 0 Å². The van der Waals surface area contributed by atoms with Crippen molar-refractivity contribution in [2.45, 2.75) is 25.7 Å². The van der Waals surface area contributed by atoms with Crippen molar-refractivity contribution >= 4 is 28.1 Å². The van der Waals surface area contributed by atoms with Crippen LogP contribution in [0.3, 0.4) is 0 Å². The maximum atomic E-state index is 11.4. The SMILES string of the molecule is CCN(c1ccccc1)c1nc(C2CC2)c(C(=O)O)s1. The van der Waals surface area contributed by atoms with Crippen molar-refractivity contribution in [2.75, 3.05) is 11.4 Å². The highest BCUT2D eigenvalue weighted by molar-refractivity contribution is 7.17. The summed E-state index contributed by atoms with van der Waals surface area (Å²) in [7, 11) is 0. The van der Waals surface area contributed by atoms with E-state index in [1.54, 1.807) is 0 Å². The number of anilines is 2. The molecule has 1 aliphatic carbocycles. The van der Waals surface area contributed by atoms with Crippen molar-refractivity contribution in [3.05, 3.63) is 40.9 Å². The standard InChI is InChI=1S/C15H16N2O2S/c1-2-17(11-6-4-3-5-7-11)15-16-12(10-8-9-10)13(20-15)14(18)19/h3-7,10H,2,8-9H2,1H3,(H,18,19). The highest BCUT2D eigenvalue weighted by Crippen LogP contribution is 2.44. The molecule has 5 heteroatoms. The number of carbonyl (C=O) groups is 1. The highest BCUT2D eigenvalue weighted by Gasteiger charge is 2.33. The lowest BCUT2D eigenvalue weighted by Gasteiger charge is -2.19. The fourth-order valence-corrected chi connectivity index (χ4v) is 3.33. The second-order valence-electron chi connectivity index (χ2n) is 4.87. The van der Waals surface area contributed by atoms with Crippen molar-refractivity contribution in [3.8, 4) is 0 Å². The summed E-state index contributed by atoms with van der Waals surface area (Å²) in [6, 6.07) is 9.96. The fourth-order valence-electron chi connectivity index (χ4n) is 2.26. The topological polar surface area (TPSA) is 53.4 Å². The number of rotatable bonds is 5. The van der Waals surface area contributed by atoms with E-state index in [2.05, 4.69) is 9.88 Å². The molecule has 0 atom stereocenters. The first kappa shape index (κ1) is 13.1. The molecule has 3 rings (SSSR count). The van der Waals surface area contributed by atoms with Crippen LogP contribution >= 0.6 is 11.3 Å². The minimum Gasteiger partial charge on any atom is -0.477 e. The van der Waals surface area contributed by atoms with Gasteiger partial charge in [-0.25, -0.2) is 9.78 Å². The molecule has 1 N–H and O–H groups in total. The molecule has 0 bridgehead atoms. The average molecular weight is 288 g/mol. The van der Waals surface area contributed by atoms with E-state index in [1.165, 1.54) is 11.3 Å². The van der Waals surface area contributed by atoms with Crippen LogP contribution in [0.4, 0.5) is 10.8 Å². The molecular weight excluding hydrogens is 272 g/mol. The molecule has 1 fully saturated rings. The number of thiazole rings is 1. The lowest BCUT2D eigenvalue weighted by Crippen LogP contribution is -2.15. The highest BCUT2D eigenvalue weighted by atomic mass is 32.1. The number of carboxylic acids is 1. The third kappa shape index (κ3) is 2.41. The molecule has 1 aromatic heterocycles. The Labute approximate surface area is 121 Å². The minimum atomic E-state index is -0.861. The summed E-state index contributed by atoms with van der Waals surface area (Å²) in [5, 5.41) is 10.1. The number of aromatic nitrogens is 1. The predicted octanol–water partition coefficient (Wildman–Crippen LogP) is 3.88. The average Bonchev–Trinajstić information content (AvgIpc) is 3.21. The number of hydrogen-bond donors (Lipinski definition) is 1. The fraction of sp³-hybridized carbons (Fsp3) is 0.333. The van der Waals surface area contributed by atoms with Crippen molar-refractivity contribution < 1.29 is 9.90 Å². The van der Waals surface area contributed by atoms with Gasteiger partial charge in [-0.2, -0.15) is 0 Å². The molecule has 1 aromatic carbocycles. The van der Waals surface area contributed by atoms with E-state index < -0.39 is 5.97 Å².